The van der Waals surface area contributed by atoms with Crippen molar-refractivity contribution >= 4 is 29.9 Å². The van der Waals surface area contributed by atoms with Crippen LogP contribution in [0.2, 0.25) is 0 Å². The number of hydrogen-bond donors (Lipinski definition) is 1. The lowest BCUT2D eigenvalue weighted by atomic mass is 9.90. The molecule has 172 valence electrons. The smallest absolute Gasteiger partial charge is 0.194 e. The lowest BCUT2D eigenvalue weighted by Gasteiger charge is -2.34. The minimum atomic E-state index is 0. The van der Waals surface area contributed by atoms with Gasteiger partial charge in [-0.15, -0.1) is 34.2 Å². The first kappa shape index (κ1) is 24.3. The van der Waals surface area contributed by atoms with Crippen molar-refractivity contribution in [2.45, 2.75) is 45.7 Å². The molecule has 0 spiro atoms. The molecule has 0 atom stereocenters. The summed E-state index contributed by atoms with van der Waals surface area (Å²) < 4.78 is 7.57. The van der Waals surface area contributed by atoms with Crippen LogP contribution in [0.1, 0.15) is 36.9 Å². The van der Waals surface area contributed by atoms with Gasteiger partial charge in [-0.1, -0.05) is 37.3 Å². The summed E-state index contributed by atoms with van der Waals surface area (Å²) in [5, 5.41) is 11.8. The van der Waals surface area contributed by atoms with Crippen molar-refractivity contribution in [3.05, 3.63) is 72.2 Å². The van der Waals surface area contributed by atoms with E-state index in [0.29, 0.717) is 6.54 Å². The summed E-state index contributed by atoms with van der Waals surface area (Å²) in [6.07, 6.45) is 7.91. The van der Waals surface area contributed by atoms with Crippen molar-refractivity contribution in [3.63, 3.8) is 0 Å². The molecule has 32 heavy (non-hydrogen) atoms. The summed E-state index contributed by atoms with van der Waals surface area (Å²) in [7, 11) is 0. The first-order chi connectivity index (χ1) is 15.3. The summed E-state index contributed by atoms with van der Waals surface area (Å²) in [5.41, 5.74) is 1.44. The molecular formula is C24H33IN6O. The molecule has 0 saturated carbocycles. The highest BCUT2D eigenvalue weighted by Gasteiger charge is 2.22. The van der Waals surface area contributed by atoms with Crippen molar-refractivity contribution in [1.29, 1.82) is 0 Å². The first-order valence-electron chi connectivity index (χ1n) is 11.3. The summed E-state index contributed by atoms with van der Waals surface area (Å²) in [6.45, 7) is 6.30. The minimum absolute atomic E-state index is 0. The van der Waals surface area contributed by atoms with Gasteiger partial charge in [-0.05, 0) is 42.9 Å². The van der Waals surface area contributed by atoms with Crippen molar-refractivity contribution in [1.82, 2.24) is 25.0 Å². The van der Waals surface area contributed by atoms with Crippen LogP contribution in [0.4, 0.5) is 0 Å². The largest absolute Gasteiger partial charge is 0.467 e. The maximum atomic E-state index is 5.47. The number of benzene rings is 1. The predicted molar refractivity (Wildman–Crippen MR) is 137 cm³/mol. The van der Waals surface area contributed by atoms with Gasteiger partial charge < -0.3 is 19.2 Å². The summed E-state index contributed by atoms with van der Waals surface area (Å²) in [6, 6.07) is 14.7. The third kappa shape index (κ3) is 6.82. The molecule has 4 rings (SSSR count). The summed E-state index contributed by atoms with van der Waals surface area (Å²) >= 11 is 0. The normalized spacial score (nSPS) is 14.9. The molecule has 1 saturated heterocycles. The molecule has 7 nitrogen and oxygen atoms in total. The van der Waals surface area contributed by atoms with E-state index in [1.54, 1.807) is 12.6 Å². The van der Waals surface area contributed by atoms with Crippen molar-refractivity contribution in [2.24, 2.45) is 10.9 Å². The number of nitrogens with zero attached hydrogens (tertiary/aromatic N) is 5. The third-order valence-electron chi connectivity index (χ3n) is 5.89. The number of halogens is 1. The van der Waals surface area contributed by atoms with Crippen LogP contribution in [-0.2, 0) is 25.9 Å². The van der Waals surface area contributed by atoms with Crippen LogP contribution in [-0.4, -0.2) is 45.3 Å². The number of nitrogens with one attached hydrogen (secondary N) is 1. The second-order valence-electron chi connectivity index (χ2n) is 8.06. The Hall–Kier alpha value is -2.36. The molecule has 0 radical (unpaired) electrons. The van der Waals surface area contributed by atoms with E-state index in [-0.39, 0.29) is 24.0 Å². The molecular weight excluding hydrogens is 515 g/mol. The molecule has 8 heteroatoms. The third-order valence-corrected chi connectivity index (χ3v) is 5.89. The number of aryl methyl sites for hydroxylation is 1. The van der Waals surface area contributed by atoms with E-state index in [2.05, 4.69) is 62.2 Å². The average molecular weight is 548 g/mol. The van der Waals surface area contributed by atoms with Crippen LogP contribution < -0.4 is 5.32 Å². The molecule has 2 aromatic heterocycles. The zero-order valence-corrected chi connectivity index (χ0v) is 21.0. The predicted octanol–water partition coefficient (Wildman–Crippen LogP) is 4.15. The van der Waals surface area contributed by atoms with E-state index in [0.717, 1.165) is 62.5 Å². The number of rotatable bonds is 8. The quantitative estimate of drug-likeness (QED) is 0.260. The van der Waals surface area contributed by atoms with E-state index in [1.165, 1.54) is 18.4 Å². The highest BCUT2D eigenvalue weighted by Crippen LogP contribution is 2.22. The molecule has 0 bridgehead atoms. The fraction of sp³-hybridized carbons (Fsp3) is 0.458. The lowest BCUT2D eigenvalue weighted by Crippen LogP contribution is -2.46. The Balaban J connectivity index is 0.00000289. The molecule has 3 heterocycles. The van der Waals surface area contributed by atoms with Gasteiger partial charge in [-0.25, -0.2) is 4.99 Å². The Kier molecular flexibility index (Phi) is 9.58. The fourth-order valence-corrected chi connectivity index (χ4v) is 4.15. The second-order valence-corrected chi connectivity index (χ2v) is 8.06. The van der Waals surface area contributed by atoms with Gasteiger partial charge >= 0.3 is 0 Å². The molecule has 1 aromatic carbocycles. The average Bonchev–Trinajstić information content (AvgIpc) is 3.49. The Labute approximate surface area is 207 Å². The number of hydrogen-bond acceptors (Lipinski definition) is 4. The van der Waals surface area contributed by atoms with E-state index >= 15 is 0 Å². The van der Waals surface area contributed by atoms with Crippen molar-refractivity contribution in [2.75, 3.05) is 19.6 Å². The van der Waals surface area contributed by atoms with Gasteiger partial charge in [0.05, 0.1) is 6.26 Å². The number of guanidine groups is 1. The number of piperidine rings is 1. The van der Waals surface area contributed by atoms with Crippen LogP contribution in [0.15, 0.2) is 64.5 Å². The standard InChI is InChI=1S/C24H32N6O.HI/c1-2-23-28-27-19-30(23)15-12-25-24(26-18-22-9-6-16-31-22)29-13-10-21(11-14-29)17-20-7-4-3-5-8-20;/h3-9,16,19,21H,2,10-15,17-18H2,1H3,(H,25,26);1H. The molecule has 1 aliphatic rings. The van der Waals surface area contributed by atoms with Crippen LogP contribution in [0, 0.1) is 5.92 Å². The number of aliphatic imine (C=N–C) groups is 1. The van der Waals surface area contributed by atoms with Gasteiger partial charge in [0.25, 0.3) is 0 Å². The van der Waals surface area contributed by atoms with E-state index in [9.17, 15) is 0 Å². The van der Waals surface area contributed by atoms with Gasteiger partial charge in [-0.3, -0.25) is 0 Å². The zero-order chi connectivity index (χ0) is 21.3. The highest BCUT2D eigenvalue weighted by molar-refractivity contribution is 14.0. The molecule has 1 fully saturated rings. The fourth-order valence-electron chi connectivity index (χ4n) is 4.15. The number of aromatic nitrogens is 3. The van der Waals surface area contributed by atoms with Gasteiger partial charge in [-0.2, -0.15) is 0 Å². The highest BCUT2D eigenvalue weighted by atomic mass is 127. The summed E-state index contributed by atoms with van der Waals surface area (Å²) in [4.78, 5) is 7.24. The Morgan fingerprint density at radius 2 is 1.97 bits per heavy atom. The van der Waals surface area contributed by atoms with Crippen molar-refractivity contribution < 1.29 is 4.42 Å². The molecule has 3 aromatic rings. The Bertz CT molecular complexity index is 933. The van der Waals surface area contributed by atoms with Gasteiger partial charge in [0.15, 0.2) is 5.96 Å². The van der Waals surface area contributed by atoms with E-state index < -0.39 is 0 Å². The van der Waals surface area contributed by atoms with Crippen LogP contribution >= 0.6 is 24.0 Å². The van der Waals surface area contributed by atoms with Crippen molar-refractivity contribution in [3.8, 4) is 0 Å². The molecule has 1 N–H and O–H groups in total. The maximum Gasteiger partial charge on any atom is 0.194 e. The van der Waals surface area contributed by atoms with E-state index in [4.69, 9.17) is 9.41 Å². The summed E-state index contributed by atoms with van der Waals surface area (Å²) in [5.74, 6) is 3.58. The lowest BCUT2D eigenvalue weighted by molar-refractivity contribution is 0.258. The monoisotopic (exact) mass is 548 g/mol. The zero-order valence-electron chi connectivity index (χ0n) is 18.7. The molecule has 1 aliphatic heterocycles. The Morgan fingerprint density at radius 1 is 1.16 bits per heavy atom. The van der Waals surface area contributed by atoms with Gasteiger partial charge in [0.2, 0.25) is 0 Å². The minimum Gasteiger partial charge on any atom is -0.467 e. The number of likely N-dealkylation sites (tertiary alicyclic amines) is 1. The SMILES string of the molecule is CCc1nncn1CCNC(=NCc1ccco1)N1CCC(Cc2ccccc2)CC1.I. The van der Waals surface area contributed by atoms with Crippen LogP contribution in [0.5, 0.6) is 0 Å². The topological polar surface area (TPSA) is 71.5 Å². The van der Waals surface area contributed by atoms with Gasteiger partial charge in [0.1, 0.15) is 24.5 Å². The van der Waals surface area contributed by atoms with E-state index in [1.807, 2.05) is 12.1 Å². The van der Waals surface area contributed by atoms with Crippen LogP contribution in [0.25, 0.3) is 0 Å². The molecule has 0 amide bonds. The number of furan rings is 1. The second kappa shape index (κ2) is 12.6. The first-order valence-corrected chi connectivity index (χ1v) is 11.3. The maximum absolute atomic E-state index is 5.47. The Morgan fingerprint density at radius 3 is 2.69 bits per heavy atom. The molecule has 0 aliphatic carbocycles. The molecule has 0 unspecified atom stereocenters. The van der Waals surface area contributed by atoms with Gasteiger partial charge in [0, 0.05) is 32.6 Å². The van der Waals surface area contributed by atoms with Crippen LogP contribution in [0.3, 0.4) is 0 Å².